The number of hydrogen-bond acceptors (Lipinski definition) is 4. The first-order chi connectivity index (χ1) is 30.3. The Bertz CT molecular complexity index is 3970. The molecule has 0 spiro atoms. The van der Waals surface area contributed by atoms with E-state index in [0.29, 0.717) is 17.6 Å². The first kappa shape index (κ1) is 32.6. The molecule has 0 amide bonds. The van der Waals surface area contributed by atoms with Crippen molar-refractivity contribution in [2.24, 2.45) is 0 Å². The van der Waals surface area contributed by atoms with E-state index in [0.717, 1.165) is 82.7 Å². The van der Waals surface area contributed by atoms with Gasteiger partial charge in [-0.25, -0.2) is 4.98 Å². The zero-order valence-corrected chi connectivity index (χ0v) is 32.5. The third-order valence-corrected chi connectivity index (χ3v) is 12.7. The van der Waals surface area contributed by atoms with Gasteiger partial charge in [-0.3, -0.25) is 4.57 Å². The highest BCUT2D eigenvalue weighted by Gasteiger charge is 2.28. The summed E-state index contributed by atoms with van der Waals surface area (Å²) in [6, 6.07) is 66.4. The number of para-hydroxylation sites is 2. The van der Waals surface area contributed by atoms with Crippen LogP contribution in [0.2, 0.25) is 0 Å². The van der Waals surface area contributed by atoms with Crippen LogP contribution in [0, 0.1) is 0 Å². The van der Waals surface area contributed by atoms with E-state index < -0.39 is 0 Å². The van der Waals surface area contributed by atoms with Crippen LogP contribution >= 0.6 is 0 Å². The third kappa shape index (κ3) is 4.48. The smallest absolute Gasteiger partial charge is 0.238 e. The maximum absolute atomic E-state index is 6.53. The fourth-order valence-electron chi connectivity index (χ4n) is 10.2. The molecule has 0 unspecified atom stereocenters. The van der Waals surface area contributed by atoms with Crippen molar-refractivity contribution in [3.05, 3.63) is 188 Å². The average Bonchev–Trinajstić information content (AvgIpc) is 3.97. The molecule has 1 aliphatic rings. The first-order valence-corrected chi connectivity index (χ1v) is 20.6. The summed E-state index contributed by atoms with van der Waals surface area (Å²) in [5.74, 6) is 1.77. The molecular weight excluding hydrogens is 747 g/mol. The summed E-state index contributed by atoms with van der Waals surface area (Å²) in [6.07, 6.45) is 0. The lowest BCUT2D eigenvalue weighted by molar-refractivity contribution is 0.669. The molecule has 14 rings (SSSR count). The zero-order chi connectivity index (χ0) is 39.8. The van der Waals surface area contributed by atoms with Gasteiger partial charge in [-0.1, -0.05) is 140 Å². The van der Waals surface area contributed by atoms with Crippen molar-refractivity contribution in [2.45, 2.75) is 0 Å². The van der Waals surface area contributed by atoms with Crippen molar-refractivity contribution >= 4 is 76.3 Å². The van der Waals surface area contributed by atoms with Gasteiger partial charge in [0.05, 0.1) is 22.1 Å². The van der Waals surface area contributed by atoms with E-state index in [1.165, 1.54) is 32.7 Å². The third-order valence-electron chi connectivity index (χ3n) is 12.7. The fraction of sp³-hybridized carbons (Fsp3) is 0. The number of nitrogens with zero attached hydrogens (tertiary/aromatic N) is 5. The molecule has 0 atom stereocenters. The van der Waals surface area contributed by atoms with E-state index in [4.69, 9.17) is 19.4 Å². The summed E-state index contributed by atoms with van der Waals surface area (Å²) >= 11 is 0. The topological polar surface area (TPSA) is 61.7 Å². The van der Waals surface area contributed by atoms with E-state index >= 15 is 0 Å². The first-order valence-electron chi connectivity index (χ1n) is 20.6. The number of furan rings is 1. The summed E-state index contributed by atoms with van der Waals surface area (Å²) in [5, 5.41) is 9.27. The molecule has 0 bridgehead atoms. The molecular formula is C55H31N5O. The highest BCUT2D eigenvalue weighted by molar-refractivity contribution is 6.37. The molecule has 0 saturated heterocycles. The highest BCUT2D eigenvalue weighted by atomic mass is 16.3. The molecule has 0 aliphatic heterocycles. The summed E-state index contributed by atoms with van der Waals surface area (Å²) in [6.45, 7) is 0. The molecule has 0 fully saturated rings. The Morgan fingerprint density at radius 2 is 0.934 bits per heavy atom. The lowest BCUT2D eigenvalue weighted by atomic mass is 9.98. The number of benzene rings is 9. The van der Waals surface area contributed by atoms with E-state index in [-0.39, 0.29) is 0 Å². The van der Waals surface area contributed by atoms with Crippen molar-refractivity contribution in [2.75, 3.05) is 0 Å². The van der Waals surface area contributed by atoms with Gasteiger partial charge in [-0.15, -0.1) is 0 Å². The molecule has 6 nitrogen and oxygen atoms in total. The van der Waals surface area contributed by atoms with Gasteiger partial charge in [-0.2, -0.15) is 9.97 Å². The maximum Gasteiger partial charge on any atom is 0.238 e. The summed E-state index contributed by atoms with van der Waals surface area (Å²) in [5.41, 5.74) is 13.7. The van der Waals surface area contributed by atoms with E-state index in [1.807, 2.05) is 6.07 Å². The van der Waals surface area contributed by atoms with Gasteiger partial charge < -0.3 is 8.98 Å². The normalized spacial score (nSPS) is 12.3. The quantitative estimate of drug-likeness (QED) is 0.175. The highest BCUT2D eigenvalue weighted by Crippen LogP contribution is 2.50. The summed E-state index contributed by atoms with van der Waals surface area (Å²) in [7, 11) is 0. The second-order valence-corrected chi connectivity index (χ2v) is 15.9. The van der Waals surface area contributed by atoms with E-state index in [1.54, 1.807) is 0 Å². The van der Waals surface area contributed by atoms with Crippen LogP contribution < -0.4 is 0 Å². The van der Waals surface area contributed by atoms with Gasteiger partial charge in [0.25, 0.3) is 0 Å². The predicted octanol–water partition coefficient (Wildman–Crippen LogP) is 14.1. The zero-order valence-electron chi connectivity index (χ0n) is 32.5. The van der Waals surface area contributed by atoms with Crippen LogP contribution in [-0.4, -0.2) is 24.1 Å². The molecule has 282 valence electrons. The molecule has 13 aromatic rings. The van der Waals surface area contributed by atoms with Crippen LogP contribution in [0.4, 0.5) is 0 Å². The number of rotatable bonds is 5. The van der Waals surface area contributed by atoms with E-state index in [2.05, 4.69) is 191 Å². The number of aromatic nitrogens is 5. The van der Waals surface area contributed by atoms with Gasteiger partial charge in [0.1, 0.15) is 11.2 Å². The van der Waals surface area contributed by atoms with Gasteiger partial charge in [0.2, 0.25) is 5.95 Å². The van der Waals surface area contributed by atoms with Crippen LogP contribution in [0.1, 0.15) is 0 Å². The Morgan fingerprint density at radius 3 is 1.77 bits per heavy atom. The average molecular weight is 778 g/mol. The Kier molecular flexibility index (Phi) is 6.46. The van der Waals surface area contributed by atoms with Gasteiger partial charge in [0, 0.05) is 54.5 Å². The molecule has 9 aromatic carbocycles. The fourth-order valence-corrected chi connectivity index (χ4v) is 10.2. The monoisotopic (exact) mass is 777 g/mol. The molecule has 6 heteroatoms. The minimum absolute atomic E-state index is 0.561. The van der Waals surface area contributed by atoms with Crippen molar-refractivity contribution in [3.8, 4) is 56.7 Å². The van der Waals surface area contributed by atoms with E-state index in [9.17, 15) is 0 Å². The Morgan fingerprint density at radius 1 is 0.328 bits per heavy atom. The molecule has 4 aromatic heterocycles. The van der Waals surface area contributed by atoms with Gasteiger partial charge >= 0.3 is 0 Å². The maximum atomic E-state index is 6.53. The number of fused-ring (bicyclic) bond motifs is 4. The van der Waals surface area contributed by atoms with Crippen molar-refractivity contribution in [1.29, 1.82) is 0 Å². The molecule has 1 aliphatic carbocycles. The minimum Gasteiger partial charge on any atom is -0.456 e. The molecule has 4 heterocycles. The Hall–Kier alpha value is -8.35. The second-order valence-electron chi connectivity index (χ2n) is 15.9. The Balaban J connectivity index is 1.09. The van der Waals surface area contributed by atoms with Crippen LogP contribution in [0.15, 0.2) is 192 Å². The molecule has 0 N–H and O–H groups in total. The molecule has 61 heavy (non-hydrogen) atoms. The largest absolute Gasteiger partial charge is 0.456 e. The van der Waals surface area contributed by atoms with Crippen molar-refractivity contribution in [3.63, 3.8) is 0 Å². The van der Waals surface area contributed by atoms with Crippen LogP contribution in [0.25, 0.3) is 133 Å². The lowest BCUT2D eigenvalue weighted by Crippen LogP contribution is -2.06. The molecule has 0 radical (unpaired) electrons. The van der Waals surface area contributed by atoms with Crippen LogP contribution in [0.3, 0.4) is 0 Å². The predicted molar refractivity (Wildman–Crippen MR) is 249 cm³/mol. The van der Waals surface area contributed by atoms with Crippen LogP contribution in [0.5, 0.6) is 0 Å². The van der Waals surface area contributed by atoms with Crippen LogP contribution in [-0.2, 0) is 0 Å². The standard InChI is InChI=1S/C55H31N5O/c1-3-12-32(13-4-1)33-24-26-35(27-25-33)53-56-54(40-19-10-21-42-48(40)39-16-7-8-20-41(39)59(42)36-14-5-2-6-15-36)58-55(57-53)60-43-22-9-17-37-38-18-11-23-45-50(38)52-46(61-45)31-29-34-28-30-44(60)51(47(34)52)49(37)43/h1-31H. The SMILES string of the molecule is c1ccc(-c2ccc(-c3nc(-c4cccc5c4c4ccccc4n5-c4ccccc4)nc(-n4c5cccc6c5c5c7c(ccc8oc9cccc-6c9c87)ccc54)n3)cc2)cc1. The van der Waals surface area contributed by atoms with Crippen molar-refractivity contribution in [1.82, 2.24) is 24.1 Å². The van der Waals surface area contributed by atoms with Gasteiger partial charge in [-0.05, 0) is 76.2 Å². The molecule has 0 saturated carbocycles. The second kappa shape index (κ2) is 12.1. The summed E-state index contributed by atoms with van der Waals surface area (Å²) < 4.78 is 11.1. The van der Waals surface area contributed by atoms with Crippen molar-refractivity contribution < 1.29 is 4.42 Å². The summed E-state index contributed by atoms with van der Waals surface area (Å²) in [4.78, 5) is 16.3. The minimum atomic E-state index is 0.561. The van der Waals surface area contributed by atoms with Gasteiger partial charge in [0.15, 0.2) is 11.6 Å². The lowest BCUT2D eigenvalue weighted by Gasteiger charge is -2.13. The number of hydrogen-bond donors (Lipinski definition) is 0. The Labute approximate surface area is 348 Å².